The van der Waals surface area contributed by atoms with Gasteiger partial charge < -0.3 is 9.88 Å². The number of carbonyl (C=O) groups excluding carboxylic acids is 1. The number of likely N-dealkylation sites (tertiary alicyclic amines) is 1. The monoisotopic (exact) mass is 270 g/mol. The Kier molecular flexibility index (Phi) is 3.76. The number of nitrogens with one attached hydrogen (secondary N) is 1. The lowest BCUT2D eigenvalue weighted by Gasteiger charge is -2.35. The third-order valence-electron chi connectivity index (χ3n) is 3.75. The number of amides is 1. The van der Waals surface area contributed by atoms with Crippen molar-refractivity contribution >= 4 is 5.91 Å². The van der Waals surface area contributed by atoms with Gasteiger partial charge in [-0.15, -0.1) is 0 Å². The van der Waals surface area contributed by atoms with Crippen molar-refractivity contribution in [2.45, 2.75) is 31.7 Å². The number of pyridine rings is 1. The van der Waals surface area contributed by atoms with Gasteiger partial charge in [0, 0.05) is 24.6 Å². The van der Waals surface area contributed by atoms with Gasteiger partial charge in [0.15, 0.2) is 0 Å². The molecule has 5 nitrogen and oxygen atoms in total. The van der Waals surface area contributed by atoms with Gasteiger partial charge in [0.05, 0.1) is 24.5 Å². The summed E-state index contributed by atoms with van der Waals surface area (Å²) >= 11 is 0. The van der Waals surface area contributed by atoms with Gasteiger partial charge in [-0.1, -0.05) is 6.07 Å². The van der Waals surface area contributed by atoms with E-state index in [0.717, 1.165) is 37.2 Å². The molecule has 3 heterocycles. The van der Waals surface area contributed by atoms with E-state index in [1.165, 1.54) is 0 Å². The first kappa shape index (κ1) is 12.8. The van der Waals surface area contributed by atoms with E-state index >= 15 is 0 Å². The lowest BCUT2D eigenvalue weighted by molar-refractivity contribution is -0.134. The van der Waals surface area contributed by atoms with Crippen LogP contribution in [0, 0.1) is 0 Å². The number of piperidine rings is 1. The summed E-state index contributed by atoms with van der Waals surface area (Å²) in [7, 11) is 0. The molecule has 1 saturated heterocycles. The van der Waals surface area contributed by atoms with Crippen LogP contribution >= 0.6 is 0 Å². The number of nitrogens with zero attached hydrogens (tertiary/aromatic N) is 3. The molecule has 1 aliphatic heterocycles. The van der Waals surface area contributed by atoms with Crippen LogP contribution in [0.2, 0.25) is 0 Å². The summed E-state index contributed by atoms with van der Waals surface area (Å²) in [5.41, 5.74) is 1.85. The predicted molar refractivity (Wildman–Crippen MR) is 74.8 cm³/mol. The highest BCUT2D eigenvalue weighted by molar-refractivity contribution is 5.78. The van der Waals surface area contributed by atoms with E-state index in [1.807, 2.05) is 23.1 Å². The molecule has 1 unspecified atom stereocenters. The Hall–Kier alpha value is -2.17. The predicted octanol–water partition coefficient (Wildman–Crippen LogP) is 2.10. The number of H-pyrrole nitrogens is 1. The van der Waals surface area contributed by atoms with Crippen LogP contribution in [0.1, 0.15) is 36.7 Å². The van der Waals surface area contributed by atoms with Crippen LogP contribution < -0.4 is 0 Å². The van der Waals surface area contributed by atoms with Gasteiger partial charge in [0.2, 0.25) is 5.91 Å². The minimum Gasteiger partial charge on any atom is -0.348 e. The largest absolute Gasteiger partial charge is 0.348 e. The van der Waals surface area contributed by atoms with Crippen molar-refractivity contribution in [3.63, 3.8) is 0 Å². The molecule has 20 heavy (non-hydrogen) atoms. The average Bonchev–Trinajstić information content (AvgIpc) is 3.01. The van der Waals surface area contributed by atoms with E-state index in [4.69, 9.17) is 0 Å². The summed E-state index contributed by atoms with van der Waals surface area (Å²) in [5, 5.41) is 0. The molecule has 1 atom stereocenters. The number of hydrogen-bond donors (Lipinski definition) is 1. The van der Waals surface area contributed by atoms with Crippen molar-refractivity contribution < 1.29 is 4.79 Å². The van der Waals surface area contributed by atoms with Gasteiger partial charge in [0.1, 0.15) is 0 Å². The van der Waals surface area contributed by atoms with Gasteiger partial charge in [-0.25, -0.2) is 4.98 Å². The molecule has 0 bridgehead atoms. The Bertz CT molecular complexity index is 553. The van der Waals surface area contributed by atoms with Crippen LogP contribution in [-0.2, 0) is 11.2 Å². The fourth-order valence-electron chi connectivity index (χ4n) is 2.76. The Labute approximate surface area is 118 Å². The van der Waals surface area contributed by atoms with Gasteiger partial charge in [-0.3, -0.25) is 9.78 Å². The third kappa shape index (κ3) is 2.71. The second kappa shape index (κ2) is 5.86. The topological polar surface area (TPSA) is 61.9 Å². The van der Waals surface area contributed by atoms with Crippen LogP contribution in [-0.4, -0.2) is 32.3 Å². The minimum absolute atomic E-state index is 0.111. The zero-order chi connectivity index (χ0) is 13.8. The Morgan fingerprint density at radius 1 is 1.40 bits per heavy atom. The van der Waals surface area contributed by atoms with Crippen LogP contribution in [0.5, 0.6) is 0 Å². The lowest BCUT2D eigenvalue weighted by Crippen LogP contribution is -2.39. The Morgan fingerprint density at radius 2 is 2.35 bits per heavy atom. The lowest BCUT2D eigenvalue weighted by atomic mass is 9.98. The smallest absolute Gasteiger partial charge is 0.229 e. The summed E-state index contributed by atoms with van der Waals surface area (Å²) in [6.45, 7) is 0.814. The maximum atomic E-state index is 12.5. The molecule has 1 fully saturated rings. The zero-order valence-electron chi connectivity index (χ0n) is 11.3. The minimum atomic E-state index is 0.111. The molecule has 1 aliphatic rings. The van der Waals surface area contributed by atoms with Crippen molar-refractivity contribution in [2.24, 2.45) is 0 Å². The molecule has 0 spiro atoms. The summed E-state index contributed by atoms with van der Waals surface area (Å²) in [6.07, 6.45) is 8.69. The fraction of sp³-hybridized carbons (Fsp3) is 0.400. The third-order valence-corrected chi connectivity index (χ3v) is 3.75. The van der Waals surface area contributed by atoms with E-state index < -0.39 is 0 Å². The van der Waals surface area contributed by atoms with E-state index in [1.54, 1.807) is 18.7 Å². The highest BCUT2D eigenvalue weighted by Crippen LogP contribution is 2.29. The molecule has 0 saturated carbocycles. The second-order valence-electron chi connectivity index (χ2n) is 5.11. The van der Waals surface area contributed by atoms with Gasteiger partial charge >= 0.3 is 0 Å². The molecule has 104 valence electrons. The highest BCUT2D eigenvalue weighted by Gasteiger charge is 2.28. The van der Waals surface area contributed by atoms with Crippen molar-refractivity contribution in [2.75, 3.05) is 6.54 Å². The maximum absolute atomic E-state index is 12.5. The first-order chi connectivity index (χ1) is 9.84. The molecular weight excluding hydrogens is 252 g/mol. The quantitative estimate of drug-likeness (QED) is 0.929. The summed E-state index contributed by atoms with van der Waals surface area (Å²) in [6, 6.07) is 6.00. The van der Waals surface area contributed by atoms with Crippen molar-refractivity contribution in [3.05, 3.63) is 48.3 Å². The van der Waals surface area contributed by atoms with E-state index in [0.29, 0.717) is 6.42 Å². The van der Waals surface area contributed by atoms with Gasteiger partial charge in [-0.2, -0.15) is 0 Å². The van der Waals surface area contributed by atoms with Crippen LogP contribution in [0.25, 0.3) is 0 Å². The molecular formula is C15H18N4O. The average molecular weight is 270 g/mol. The summed E-state index contributed by atoms with van der Waals surface area (Å²) in [5.74, 6) is 0.143. The first-order valence-electron chi connectivity index (χ1n) is 7.02. The molecule has 1 N–H and O–H groups in total. The van der Waals surface area contributed by atoms with Crippen LogP contribution in [0.4, 0.5) is 0 Å². The maximum Gasteiger partial charge on any atom is 0.229 e. The van der Waals surface area contributed by atoms with Crippen molar-refractivity contribution in [1.29, 1.82) is 0 Å². The van der Waals surface area contributed by atoms with Crippen LogP contribution in [0.15, 0.2) is 36.9 Å². The molecule has 5 heteroatoms. The highest BCUT2D eigenvalue weighted by atomic mass is 16.2. The molecule has 0 aliphatic carbocycles. The molecule has 0 radical (unpaired) electrons. The Morgan fingerprint density at radius 3 is 3.10 bits per heavy atom. The van der Waals surface area contributed by atoms with Crippen LogP contribution in [0.3, 0.4) is 0 Å². The second-order valence-corrected chi connectivity index (χ2v) is 5.11. The standard InChI is InChI=1S/C15H18N4O/c20-15(9-12-10-16-11-18-12)19-8-4-2-6-14(19)13-5-1-3-7-17-13/h1,3,5,7,10-11,14H,2,4,6,8-9H2,(H,16,18). The number of aromatic amines is 1. The fourth-order valence-corrected chi connectivity index (χ4v) is 2.76. The van der Waals surface area contributed by atoms with Gasteiger partial charge in [-0.05, 0) is 31.4 Å². The number of aromatic nitrogens is 3. The molecule has 2 aromatic heterocycles. The van der Waals surface area contributed by atoms with E-state index in [-0.39, 0.29) is 11.9 Å². The van der Waals surface area contributed by atoms with E-state index in [9.17, 15) is 4.79 Å². The SMILES string of the molecule is O=C(Cc1cnc[nH]1)N1CCCCC1c1ccccn1. The van der Waals surface area contributed by atoms with Gasteiger partial charge in [0.25, 0.3) is 0 Å². The first-order valence-corrected chi connectivity index (χ1v) is 7.02. The molecule has 3 rings (SSSR count). The van der Waals surface area contributed by atoms with Crippen molar-refractivity contribution in [1.82, 2.24) is 19.9 Å². The number of rotatable bonds is 3. The normalized spacial score (nSPS) is 19.0. The molecule has 2 aromatic rings. The Balaban J connectivity index is 1.77. The number of imidazole rings is 1. The molecule has 1 amide bonds. The molecule has 0 aromatic carbocycles. The van der Waals surface area contributed by atoms with E-state index in [2.05, 4.69) is 15.0 Å². The zero-order valence-corrected chi connectivity index (χ0v) is 11.3. The summed E-state index contributed by atoms with van der Waals surface area (Å²) in [4.78, 5) is 25.8. The summed E-state index contributed by atoms with van der Waals surface area (Å²) < 4.78 is 0. The number of carbonyl (C=O) groups is 1. The number of hydrogen-bond acceptors (Lipinski definition) is 3. The van der Waals surface area contributed by atoms with Crippen molar-refractivity contribution in [3.8, 4) is 0 Å².